The minimum Gasteiger partial charge on any atom is -0.309 e. The molecule has 0 unspecified atom stereocenters. The van der Waals surface area contributed by atoms with Crippen LogP contribution in [0.25, 0.3) is 0 Å². The van der Waals surface area contributed by atoms with Crippen molar-refractivity contribution in [3.63, 3.8) is 0 Å². The third-order valence-corrected chi connectivity index (χ3v) is 5.09. The number of carbonyl (C=O) groups excluding carboxylic acids is 2. The molecule has 0 aromatic carbocycles. The number of amides is 2. The van der Waals surface area contributed by atoms with Crippen molar-refractivity contribution in [1.29, 1.82) is 0 Å². The number of thioether (sulfide) groups is 1. The zero-order chi connectivity index (χ0) is 15.5. The topological polar surface area (TPSA) is 88.9 Å². The van der Waals surface area contributed by atoms with Crippen LogP contribution in [0.2, 0.25) is 0 Å². The maximum Gasteiger partial charge on any atom is 0.279 e. The summed E-state index contributed by atoms with van der Waals surface area (Å²) in [5.74, 6) is 1.06. The number of rotatable bonds is 5. The van der Waals surface area contributed by atoms with Gasteiger partial charge in [0.1, 0.15) is 5.82 Å². The second-order valence-electron chi connectivity index (χ2n) is 4.94. The molecule has 1 aliphatic carbocycles. The van der Waals surface area contributed by atoms with Crippen LogP contribution in [0.1, 0.15) is 34.3 Å². The molecule has 3 rings (SSSR count). The van der Waals surface area contributed by atoms with Crippen molar-refractivity contribution in [2.75, 3.05) is 5.75 Å². The summed E-state index contributed by atoms with van der Waals surface area (Å²) in [5, 5.41) is 10.8. The van der Waals surface area contributed by atoms with Crippen molar-refractivity contribution < 1.29 is 9.59 Å². The molecular weight excluding hydrogens is 322 g/mol. The lowest BCUT2D eigenvalue weighted by molar-refractivity contribution is -0.119. The number of hydrogen-bond acceptors (Lipinski definition) is 6. The lowest BCUT2D eigenvalue weighted by Gasteiger charge is -2.06. The molecule has 22 heavy (non-hydrogen) atoms. The number of nitrogens with one attached hydrogen (secondary N) is 2. The summed E-state index contributed by atoms with van der Waals surface area (Å²) in [6.07, 6.45) is 2.32. The van der Waals surface area contributed by atoms with Gasteiger partial charge >= 0.3 is 0 Å². The molecular formula is C13H15N5O2S2. The first-order valence-electron chi connectivity index (χ1n) is 6.80. The molecule has 2 amide bonds. The smallest absolute Gasteiger partial charge is 0.279 e. The van der Waals surface area contributed by atoms with E-state index < -0.39 is 0 Å². The maximum atomic E-state index is 11.8. The molecule has 0 saturated heterocycles. The predicted molar refractivity (Wildman–Crippen MR) is 83.6 cm³/mol. The average Bonchev–Trinajstić information content (AvgIpc) is 3.07. The molecule has 2 aromatic rings. The Hall–Kier alpha value is -1.87. The van der Waals surface area contributed by atoms with Crippen LogP contribution in [0.15, 0.2) is 22.7 Å². The second-order valence-corrected chi connectivity index (χ2v) is 6.83. The SMILES string of the molecule is Cn1c(SCC(=O)NNC(=O)c2cccs2)nnc1C1CC1. The highest BCUT2D eigenvalue weighted by molar-refractivity contribution is 7.99. The van der Waals surface area contributed by atoms with Gasteiger partial charge in [-0.25, -0.2) is 0 Å². The van der Waals surface area contributed by atoms with Crippen molar-refractivity contribution in [2.24, 2.45) is 7.05 Å². The van der Waals surface area contributed by atoms with Crippen LogP contribution >= 0.6 is 23.1 Å². The van der Waals surface area contributed by atoms with Gasteiger partial charge in [-0.2, -0.15) is 0 Å². The Bertz CT molecular complexity index is 679. The van der Waals surface area contributed by atoms with E-state index in [1.807, 2.05) is 11.6 Å². The van der Waals surface area contributed by atoms with E-state index in [0.717, 1.165) is 18.7 Å². The Morgan fingerprint density at radius 1 is 1.41 bits per heavy atom. The summed E-state index contributed by atoms with van der Waals surface area (Å²) >= 11 is 2.61. The first-order chi connectivity index (χ1) is 10.6. The summed E-state index contributed by atoms with van der Waals surface area (Å²) in [6.45, 7) is 0. The van der Waals surface area contributed by atoms with Crippen LogP contribution in [0.3, 0.4) is 0 Å². The Morgan fingerprint density at radius 3 is 2.91 bits per heavy atom. The molecule has 0 bridgehead atoms. The van der Waals surface area contributed by atoms with E-state index in [4.69, 9.17) is 0 Å². The summed E-state index contributed by atoms with van der Waals surface area (Å²) in [6, 6.07) is 3.47. The van der Waals surface area contributed by atoms with Gasteiger partial charge in [0.25, 0.3) is 5.91 Å². The summed E-state index contributed by atoms with van der Waals surface area (Å²) in [7, 11) is 1.91. The standard InChI is InChI=1S/C13H15N5O2S2/c1-18-11(8-4-5-8)15-17-13(18)22-7-10(19)14-16-12(20)9-3-2-6-21-9/h2-3,6,8H,4-5,7H2,1H3,(H,14,19)(H,16,20). The van der Waals surface area contributed by atoms with Gasteiger partial charge in [-0.05, 0) is 24.3 Å². The minimum absolute atomic E-state index is 0.168. The Balaban J connectivity index is 1.45. The largest absolute Gasteiger partial charge is 0.309 e. The average molecular weight is 337 g/mol. The molecule has 2 heterocycles. The Morgan fingerprint density at radius 2 is 2.23 bits per heavy atom. The summed E-state index contributed by atoms with van der Waals surface area (Å²) < 4.78 is 1.93. The monoisotopic (exact) mass is 337 g/mol. The van der Waals surface area contributed by atoms with Crippen LogP contribution in [-0.2, 0) is 11.8 Å². The molecule has 0 aliphatic heterocycles. The van der Waals surface area contributed by atoms with Crippen molar-refractivity contribution in [2.45, 2.75) is 23.9 Å². The molecule has 7 nitrogen and oxygen atoms in total. The number of aromatic nitrogens is 3. The zero-order valence-electron chi connectivity index (χ0n) is 11.9. The molecule has 0 spiro atoms. The molecule has 0 atom stereocenters. The van der Waals surface area contributed by atoms with Gasteiger partial charge < -0.3 is 4.57 Å². The van der Waals surface area contributed by atoms with E-state index >= 15 is 0 Å². The van der Waals surface area contributed by atoms with E-state index in [1.165, 1.54) is 23.1 Å². The fourth-order valence-electron chi connectivity index (χ4n) is 1.91. The number of hydrogen-bond donors (Lipinski definition) is 2. The van der Waals surface area contributed by atoms with E-state index in [0.29, 0.717) is 16.0 Å². The van der Waals surface area contributed by atoms with Gasteiger partial charge in [0, 0.05) is 13.0 Å². The number of nitrogens with zero attached hydrogens (tertiary/aromatic N) is 3. The van der Waals surface area contributed by atoms with Gasteiger partial charge in [0.15, 0.2) is 5.16 Å². The lowest BCUT2D eigenvalue weighted by atomic mass is 10.4. The van der Waals surface area contributed by atoms with Crippen molar-refractivity contribution in [3.05, 3.63) is 28.2 Å². The van der Waals surface area contributed by atoms with Gasteiger partial charge in [-0.15, -0.1) is 21.5 Å². The third-order valence-electron chi connectivity index (χ3n) is 3.20. The van der Waals surface area contributed by atoms with Gasteiger partial charge in [0.05, 0.1) is 10.6 Å². The highest BCUT2D eigenvalue weighted by Crippen LogP contribution is 2.39. The first kappa shape index (κ1) is 15.0. The molecule has 1 saturated carbocycles. The van der Waals surface area contributed by atoms with Crippen molar-refractivity contribution in [1.82, 2.24) is 25.6 Å². The summed E-state index contributed by atoms with van der Waals surface area (Å²) in [5.41, 5.74) is 4.78. The lowest BCUT2D eigenvalue weighted by Crippen LogP contribution is -2.42. The number of thiophene rings is 1. The minimum atomic E-state index is -0.317. The molecule has 116 valence electrons. The van der Waals surface area contributed by atoms with Crippen LogP contribution in [-0.4, -0.2) is 32.3 Å². The van der Waals surface area contributed by atoms with Crippen LogP contribution in [0, 0.1) is 0 Å². The maximum absolute atomic E-state index is 11.8. The fraction of sp³-hybridized carbons (Fsp3) is 0.385. The quantitative estimate of drug-likeness (QED) is 0.634. The zero-order valence-corrected chi connectivity index (χ0v) is 13.5. The van der Waals surface area contributed by atoms with Gasteiger partial charge in [0.2, 0.25) is 5.91 Å². The van der Waals surface area contributed by atoms with Gasteiger partial charge in [-0.1, -0.05) is 17.8 Å². The van der Waals surface area contributed by atoms with E-state index in [-0.39, 0.29) is 17.6 Å². The third kappa shape index (κ3) is 3.47. The van der Waals surface area contributed by atoms with E-state index in [2.05, 4.69) is 21.0 Å². The number of hydrazine groups is 1. The molecule has 1 aliphatic rings. The van der Waals surface area contributed by atoms with Crippen LogP contribution in [0.5, 0.6) is 0 Å². The fourth-order valence-corrected chi connectivity index (χ4v) is 3.25. The molecule has 9 heteroatoms. The van der Waals surface area contributed by atoms with E-state index in [1.54, 1.807) is 17.5 Å². The number of carbonyl (C=O) groups is 2. The van der Waals surface area contributed by atoms with Crippen molar-refractivity contribution >= 4 is 34.9 Å². The highest BCUT2D eigenvalue weighted by atomic mass is 32.2. The van der Waals surface area contributed by atoms with Gasteiger partial charge in [-0.3, -0.25) is 20.4 Å². The summed E-state index contributed by atoms with van der Waals surface area (Å²) in [4.78, 5) is 24.0. The normalized spacial score (nSPS) is 13.9. The highest BCUT2D eigenvalue weighted by Gasteiger charge is 2.29. The molecule has 2 aromatic heterocycles. The van der Waals surface area contributed by atoms with Crippen molar-refractivity contribution in [3.8, 4) is 0 Å². The first-order valence-corrected chi connectivity index (χ1v) is 8.66. The second kappa shape index (κ2) is 6.49. The molecule has 2 N–H and O–H groups in total. The Labute approximate surface area is 135 Å². The van der Waals surface area contributed by atoms with Crippen LogP contribution < -0.4 is 10.9 Å². The Kier molecular flexibility index (Phi) is 4.44. The van der Waals surface area contributed by atoms with E-state index in [9.17, 15) is 9.59 Å². The van der Waals surface area contributed by atoms with Crippen LogP contribution in [0.4, 0.5) is 0 Å². The molecule has 0 radical (unpaired) electrons. The molecule has 1 fully saturated rings. The predicted octanol–water partition coefficient (Wildman–Crippen LogP) is 1.31.